The third-order valence-electron chi connectivity index (χ3n) is 3.28. The Bertz CT molecular complexity index is 571. The van der Waals surface area contributed by atoms with E-state index in [2.05, 4.69) is 5.32 Å². The number of carbonyl (C=O) groups excluding carboxylic acids is 1. The zero-order chi connectivity index (χ0) is 13.9. The SMILES string of the molecule is O=C(NCCC1CCS(=O)(=O)C1)c1ccccc1Cl. The first-order valence-corrected chi connectivity index (χ1v) is 8.41. The second-order valence-electron chi connectivity index (χ2n) is 4.79. The lowest BCUT2D eigenvalue weighted by Crippen LogP contribution is -2.26. The van der Waals surface area contributed by atoms with Crippen LogP contribution in [0.15, 0.2) is 24.3 Å². The summed E-state index contributed by atoms with van der Waals surface area (Å²) in [6, 6.07) is 6.85. The smallest absolute Gasteiger partial charge is 0.252 e. The van der Waals surface area contributed by atoms with Gasteiger partial charge in [-0.05, 0) is 30.9 Å². The highest BCUT2D eigenvalue weighted by Crippen LogP contribution is 2.21. The first kappa shape index (κ1) is 14.3. The molecule has 1 heterocycles. The quantitative estimate of drug-likeness (QED) is 0.924. The van der Waals surface area contributed by atoms with Crippen molar-refractivity contribution in [2.24, 2.45) is 5.92 Å². The van der Waals surface area contributed by atoms with Crippen molar-refractivity contribution in [2.75, 3.05) is 18.1 Å². The molecule has 0 bridgehead atoms. The highest BCUT2D eigenvalue weighted by Gasteiger charge is 2.27. The second kappa shape index (κ2) is 5.92. The van der Waals surface area contributed by atoms with Gasteiger partial charge in [0.1, 0.15) is 0 Å². The predicted molar refractivity (Wildman–Crippen MR) is 75.2 cm³/mol. The largest absolute Gasteiger partial charge is 0.352 e. The standard InChI is InChI=1S/C13H16ClNO3S/c14-12-4-2-1-3-11(12)13(16)15-7-5-10-6-8-19(17,18)9-10/h1-4,10H,5-9H2,(H,15,16). The van der Waals surface area contributed by atoms with Crippen LogP contribution in [0.4, 0.5) is 0 Å². The van der Waals surface area contributed by atoms with Gasteiger partial charge in [0.25, 0.3) is 5.91 Å². The van der Waals surface area contributed by atoms with Crippen LogP contribution in [-0.2, 0) is 9.84 Å². The van der Waals surface area contributed by atoms with Crippen LogP contribution in [0, 0.1) is 5.92 Å². The first-order chi connectivity index (χ1) is 8.98. The number of carbonyl (C=O) groups is 1. The average molecular weight is 302 g/mol. The fraction of sp³-hybridized carbons (Fsp3) is 0.462. The molecule has 1 aliphatic rings. The molecule has 0 radical (unpaired) electrons. The molecule has 0 saturated carbocycles. The van der Waals surface area contributed by atoms with E-state index >= 15 is 0 Å². The molecule has 0 aromatic heterocycles. The zero-order valence-electron chi connectivity index (χ0n) is 10.4. The van der Waals surface area contributed by atoms with Crippen LogP contribution in [0.25, 0.3) is 0 Å². The molecule has 1 atom stereocenters. The van der Waals surface area contributed by atoms with E-state index < -0.39 is 9.84 Å². The van der Waals surface area contributed by atoms with Gasteiger partial charge < -0.3 is 5.32 Å². The Morgan fingerprint density at radius 2 is 2.11 bits per heavy atom. The molecule has 1 aliphatic heterocycles. The second-order valence-corrected chi connectivity index (χ2v) is 7.43. The van der Waals surface area contributed by atoms with E-state index in [-0.39, 0.29) is 23.3 Å². The van der Waals surface area contributed by atoms with Crippen LogP contribution >= 0.6 is 11.6 Å². The Morgan fingerprint density at radius 1 is 1.37 bits per heavy atom. The highest BCUT2D eigenvalue weighted by molar-refractivity contribution is 7.91. The fourth-order valence-electron chi connectivity index (χ4n) is 2.23. The summed E-state index contributed by atoms with van der Waals surface area (Å²) in [5.41, 5.74) is 0.447. The molecule has 1 aromatic carbocycles. The molecule has 104 valence electrons. The van der Waals surface area contributed by atoms with Gasteiger partial charge in [0.2, 0.25) is 0 Å². The maximum Gasteiger partial charge on any atom is 0.252 e. The van der Waals surface area contributed by atoms with Gasteiger partial charge in [0.15, 0.2) is 9.84 Å². The number of hydrogen-bond acceptors (Lipinski definition) is 3. The molecule has 0 aliphatic carbocycles. The van der Waals surface area contributed by atoms with E-state index in [0.29, 0.717) is 30.0 Å². The lowest BCUT2D eigenvalue weighted by Gasteiger charge is -2.09. The van der Waals surface area contributed by atoms with Crippen LogP contribution in [0.5, 0.6) is 0 Å². The molecule has 0 spiro atoms. The number of sulfone groups is 1. The summed E-state index contributed by atoms with van der Waals surface area (Å²) in [5.74, 6) is 0.466. The molecule has 1 amide bonds. The van der Waals surface area contributed by atoms with Crippen molar-refractivity contribution in [3.63, 3.8) is 0 Å². The van der Waals surface area contributed by atoms with Crippen LogP contribution < -0.4 is 5.32 Å². The topological polar surface area (TPSA) is 63.2 Å². The molecular formula is C13H16ClNO3S. The summed E-state index contributed by atoms with van der Waals surface area (Å²) >= 11 is 5.92. The number of amides is 1. The maximum atomic E-state index is 11.9. The Kier molecular flexibility index (Phi) is 4.47. The minimum Gasteiger partial charge on any atom is -0.352 e. The van der Waals surface area contributed by atoms with Crippen LogP contribution in [-0.4, -0.2) is 32.4 Å². The lowest BCUT2D eigenvalue weighted by atomic mass is 10.1. The van der Waals surface area contributed by atoms with Gasteiger partial charge in [-0.3, -0.25) is 4.79 Å². The Morgan fingerprint density at radius 3 is 2.74 bits per heavy atom. The summed E-state index contributed by atoms with van der Waals surface area (Å²) < 4.78 is 22.6. The summed E-state index contributed by atoms with van der Waals surface area (Å²) in [7, 11) is -2.84. The maximum absolute atomic E-state index is 11.9. The van der Waals surface area contributed by atoms with E-state index in [1.54, 1.807) is 24.3 Å². The minimum atomic E-state index is -2.84. The summed E-state index contributed by atoms with van der Waals surface area (Å²) in [6.45, 7) is 0.476. The van der Waals surface area contributed by atoms with E-state index in [1.807, 2.05) is 0 Å². The van der Waals surface area contributed by atoms with Gasteiger partial charge in [-0.1, -0.05) is 23.7 Å². The first-order valence-electron chi connectivity index (χ1n) is 6.21. The fourth-order valence-corrected chi connectivity index (χ4v) is 4.36. The number of benzene rings is 1. The highest BCUT2D eigenvalue weighted by atomic mass is 35.5. The van der Waals surface area contributed by atoms with Gasteiger partial charge in [-0.25, -0.2) is 8.42 Å². The van der Waals surface area contributed by atoms with Crippen LogP contribution in [0.2, 0.25) is 5.02 Å². The van der Waals surface area contributed by atoms with E-state index in [1.165, 1.54) is 0 Å². The molecule has 1 N–H and O–H groups in total. The van der Waals surface area contributed by atoms with Crippen molar-refractivity contribution in [3.8, 4) is 0 Å². The Balaban J connectivity index is 1.81. The molecule has 2 rings (SSSR count). The van der Waals surface area contributed by atoms with Crippen LogP contribution in [0.3, 0.4) is 0 Å². The summed E-state index contributed by atoms with van der Waals surface area (Å²) in [6.07, 6.45) is 1.39. The van der Waals surface area contributed by atoms with E-state index in [0.717, 1.165) is 0 Å². The summed E-state index contributed by atoms with van der Waals surface area (Å²) in [5, 5.41) is 3.20. The van der Waals surface area contributed by atoms with Gasteiger partial charge in [0.05, 0.1) is 22.1 Å². The molecular weight excluding hydrogens is 286 g/mol. The Hall–Kier alpha value is -1.07. The molecule has 1 aromatic rings. The third-order valence-corrected chi connectivity index (χ3v) is 5.45. The van der Waals surface area contributed by atoms with Crippen molar-refractivity contribution >= 4 is 27.3 Å². The number of rotatable bonds is 4. The van der Waals surface area contributed by atoms with Gasteiger partial charge in [-0.2, -0.15) is 0 Å². The van der Waals surface area contributed by atoms with Gasteiger partial charge >= 0.3 is 0 Å². The molecule has 6 heteroatoms. The molecule has 1 saturated heterocycles. The number of nitrogens with one attached hydrogen (secondary N) is 1. The molecule has 1 fully saturated rings. The average Bonchev–Trinajstić information content (AvgIpc) is 2.69. The molecule has 1 unspecified atom stereocenters. The van der Waals surface area contributed by atoms with Crippen molar-refractivity contribution < 1.29 is 13.2 Å². The zero-order valence-corrected chi connectivity index (χ0v) is 12.0. The Labute approximate surface area is 118 Å². The summed E-state index contributed by atoms with van der Waals surface area (Å²) in [4.78, 5) is 11.9. The van der Waals surface area contributed by atoms with E-state index in [9.17, 15) is 13.2 Å². The normalized spacial score (nSPS) is 21.2. The predicted octanol–water partition coefficient (Wildman–Crippen LogP) is 1.89. The monoisotopic (exact) mass is 301 g/mol. The van der Waals surface area contributed by atoms with Crippen molar-refractivity contribution in [1.29, 1.82) is 0 Å². The van der Waals surface area contributed by atoms with Crippen LogP contribution in [0.1, 0.15) is 23.2 Å². The molecule has 19 heavy (non-hydrogen) atoms. The minimum absolute atomic E-state index is 0.163. The van der Waals surface area contributed by atoms with Gasteiger partial charge in [0, 0.05) is 6.54 Å². The van der Waals surface area contributed by atoms with Crippen molar-refractivity contribution in [1.82, 2.24) is 5.32 Å². The number of halogens is 1. The van der Waals surface area contributed by atoms with Gasteiger partial charge in [-0.15, -0.1) is 0 Å². The third kappa shape index (κ3) is 3.94. The lowest BCUT2D eigenvalue weighted by molar-refractivity contribution is 0.0952. The van der Waals surface area contributed by atoms with E-state index in [4.69, 9.17) is 11.6 Å². The van der Waals surface area contributed by atoms with Crippen molar-refractivity contribution in [3.05, 3.63) is 34.9 Å². The van der Waals surface area contributed by atoms with Crippen molar-refractivity contribution in [2.45, 2.75) is 12.8 Å². The number of hydrogen-bond donors (Lipinski definition) is 1. The molecule has 4 nitrogen and oxygen atoms in total.